The molecular formula is C24H17NO4S. The van der Waals surface area contributed by atoms with Crippen LogP contribution in [0, 0.1) is 0 Å². The molecule has 30 heavy (non-hydrogen) atoms. The lowest BCUT2D eigenvalue weighted by Gasteiger charge is -2.03. The first-order valence-electron chi connectivity index (χ1n) is 9.82. The number of hydrogen-bond donors (Lipinski definition) is 0. The van der Waals surface area contributed by atoms with Gasteiger partial charge in [0.05, 0.1) is 10.8 Å². The summed E-state index contributed by atoms with van der Waals surface area (Å²) >= 11 is 1.55. The van der Waals surface area contributed by atoms with Crippen molar-refractivity contribution in [2.75, 3.05) is 0 Å². The van der Waals surface area contributed by atoms with Crippen molar-refractivity contribution in [1.82, 2.24) is 4.57 Å². The summed E-state index contributed by atoms with van der Waals surface area (Å²) in [5, 5.41) is 3.39. The number of nitrogens with zero attached hydrogens (tertiary/aromatic N) is 1. The minimum atomic E-state index is -0.398. The van der Waals surface area contributed by atoms with E-state index in [0.717, 1.165) is 16.9 Å². The molecule has 0 fully saturated rings. The van der Waals surface area contributed by atoms with Crippen LogP contribution in [0.3, 0.4) is 0 Å². The van der Waals surface area contributed by atoms with Crippen molar-refractivity contribution in [1.29, 1.82) is 0 Å². The van der Waals surface area contributed by atoms with Gasteiger partial charge in [-0.15, -0.1) is 11.3 Å². The molecule has 0 amide bonds. The Bertz CT molecular complexity index is 1650. The molecule has 0 N–H and O–H groups in total. The van der Waals surface area contributed by atoms with Crippen molar-refractivity contribution < 1.29 is 0 Å². The third-order valence-corrected chi connectivity index (χ3v) is 6.57. The lowest BCUT2D eigenvalue weighted by atomic mass is 9.98. The molecule has 0 aliphatic rings. The first-order chi connectivity index (χ1) is 14.5. The van der Waals surface area contributed by atoms with Crippen LogP contribution in [0.1, 0.15) is 19.8 Å². The maximum atomic E-state index is 13.3. The zero-order chi connectivity index (χ0) is 21.0. The summed E-state index contributed by atoms with van der Waals surface area (Å²) in [6.45, 7) is 2.32. The molecule has 2 heterocycles. The molecule has 3 aromatic carbocycles. The summed E-state index contributed by atoms with van der Waals surface area (Å²) in [6, 6.07) is 12.0. The summed E-state index contributed by atoms with van der Waals surface area (Å²) in [5.74, 6) is 0. The first-order valence-corrected chi connectivity index (χ1v) is 10.7. The zero-order valence-corrected chi connectivity index (χ0v) is 17.0. The van der Waals surface area contributed by atoms with Gasteiger partial charge in [-0.05, 0) is 47.7 Å². The number of rotatable bonds is 4. The summed E-state index contributed by atoms with van der Waals surface area (Å²) in [7, 11) is 0. The number of hydrogen-bond acceptors (Lipinski definition) is 5. The molecular weight excluding hydrogens is 398 g/mol. The minimum absolute atomic E-state index is 0.188. The Balaban J connectivity index is 1.87. The van der Waals surface area contributed by atoms with Crippen LogP contribution in [0.2, 0.25) is 0 Å². The standard InChI is InChI=1S/C24H17NO4S/c1-2-3-8-25-23(28)18-11-16-17(12-19(18)24(25)29)22(27)15-10-13(20-5-4-9-30-20)6-7-14(15)21(16)26/h4-7,9-12H,2-3,8H2,1H3. The molecule has 5 nitrogen and oxygen atoms in total. The number of aromatic nitrogens is 1. The molecule has 0 radical (unpaired) electrons. The predicted molar refractivity (Wildman–Crippen MR) is 123 cm³/mol. The van der Waals surface area contributed by atoms with Gasteiger partial charge in [-0.3, -0.25) is 23.7 Å². The summed E-state index contributed by atoms with van der Waals surface area (Å²) < 4.78 is 1.20. The van der Waals surface area contributed by atoms with E-state index in [9.17, 15) is 19.2 Å². The molecule has 6 heteroatoms. The van der Waals surface area contributed by atoms with Gasteiger partial charge in [0.15, 0.2) is 10.9 Å². The van der Waals surface area contributed by atoms with Crippen molar-refractivity contribution in [3.8, 4) is 10.4 Å². The van der Waals surface area contributed by atoms with Gasteiger partial charge >= 0.3 is 0 Å². The maximum Gasteiger partial charge on any atom is 0.261 e. The Morgan fingerprint density at radius 1 is 0.767 bits per heavy atom. The van der Waals surface area contributed by atoms with Crippen molar-refractivity contribution >= 4 is 43.7 Å². The van der Waals surface area contributed by atoms with E-state index in [0.29, 0.717) is 23.7 Å². The molecule has 2 aromatic heterocycles. The highest BCUT2D eigenvalue weighted by atomic mass is 32.1. The van der Waals surface area contributed by atoms with Gasteiger partial charge in [0.1, 0.15) is 0 Å². The fourth-order valence-corrected chi connectivity index (χ4v) is 4.77. The van der Waals surface area contributed by atoms with E-state index in [-0.39, 0.29) is 32.4 Å². The van der Waals surface area contributed by atoms with Gasteiger partial charge in [-0.25, -0.2) is 0 Å². The highest BCUT2D eigenvalue weighted by Gasteiger charge is 2.18. The topological polar surface area (TPSA) is 73.2 Å². The van der Waals surface area contributed by atoms with Crippen LogP contribution in [-0.2, 0) is 6.54 Å². The van der Waals surface area contributed by atoms with Crippen molar-refractivity contribution in [2.24, 2.45) is 0 Å². The second kappa shape index (κ2) is 6.85. The van der Waals surface area contributed by atoms with E-state index in [1.165, 1.54) is 16.7 Å². The maximum absolute atomic E-state index is 13.3. The average Bonchev–Trinajstić information content (AvgIpc) is 3.37. The quantitative estimate of drug-likeness (QED) is 0.419. The Labute approximate surface area is 174 Å². The zero-order valence-electron chi connectivity index (χ0n) is 16.2. The van der Waals surface area contributed by atoms with E-state index >= 15 is 0 Å². The summed E-state index contributed by atoms with van der Waals surface area (Å²) in [6.07, 6.45) is 1.56. The Kier molecular flexibility index (Phi) is 4.25. The Morgan fingerprint density at radius 3 is 2.00 bits per heavy atom. The molecule has 5 rings (SSSR count). The molecule has 0 atom stereocenters. The van der Waals surface area contributed by atoms with E-state index in [2.05, 4.69) is 0 Å². The minimum Gasteiger partial charge on any atom is -0.289 e. The third kappa shape index (κ3) is 2.60. The van der Waals surface area contributed by atoms with E-state index in [1.807, 2.05) is 30.5 Å². The molecule has 0 saturated carbocycles. The highest BCUT2D eigenvalue weighted by Crippen LogP contribution is 2.27. The fourth-order valence-electron chi connectivity index (χ4n) is 4.05. The van der Waals surface area contributed by atoms with E-state index < -0.39 is 11.1 Å². The van der Waals surface area contributed by atoms with E-state index in [4.69, 9.17) is 0 Å². The monoisotopic (exact) mass is 415 g/mol. The normalized spacial score (nSPS) is 11.8. The SMILES string of the molecule is CCCCn1c(=O)c2cc3c(=O)c4ccc(-c5cccs5)cc4c(=O)c3cc2c1=O. The van der Waals surface area contributed by atoms with Crippen LogP contribution in [0.4, 0.5) is 0 Å². The fraction of sp³-hybridized carbons (Fsp3) is 0.167. The molecule has 0 spiro atoms. The van der Waals surface area contributed by atoms with Crippen molar-refractivity contribution in [2.45, 2.75) is 26.3 Å². The number of thiophene rings is 1. The van der Waals surface area contributed by atoms with Gasteiger partial charge in [-0.2, -0.15) is 0 Å². The summed E-state index contributed by atoms with van der Waals surface area (Å²) in [5.41, 5.74) is -0.526. The molecule has 0 bridgehead atoms. The second-order valence-electron chi connectivity index (χ2n) is 7.45. The van der Waals surface area contributed by atoms with Crippen LogP contribution in [-0.4, -0.2) is 4.57 Å². The predicted octanol–water partition coefficient (Wildman–Crippen LogP) is 3.79. The van der Waals surface area contributed by atoms with Crippen LogP contribution in [0.5, 0.6) is 0 Å². The second-order valence-corrected chi connectivity index (χ2v) is 8.40. The van der Waals surface area contributed by atoms with Crippen LogP contribution < -0.4 is 22.0 Å². The van der Waals surface area contributed by atoms with Gasteiger partial charge in [0, 0.05) is 33.0 Å². The lowest BCUT2D eigenvalue weighted by Crippen LogP contribution is -2.25. The van der Waals surface area contributed by atoms with Crippen LogP contribution >= 0.6 is 11.3 Å². The first kappa shape index (κ1) is 18.6. The van der Waals surface area contributed by atoms with Gasteiger partial charge in [0.25, 0.3) is 11.1 Å². The van der Waals surface area contributed by atoms with Crippen LogP contribution in [0.25, 0.3) is 42.8 Å². The summed E-state index contributed by atoms with van der Waals surface area (Å²) in [4.78, 5) is 52.9. The molecule has 0 aliphatic carbocycles. The largest absolute Gasteiger partial charge is 0.289 e. The third-order valence-electron chi connectivity index (χ3n) is 5.65. The van der Waals surface area contributed by atoms with E-state index in [1.54, 1.807) is 23.5 Å². The smallest absolute Gasteiger partial charge is 0.261 e. The molecule has 0 unspecified atom stereocenters. The molecule has 148 valence electrons. The average molecular weight is 415 g/mol. The Hall–Kier alpha value is -3.38. The lowest BCUT2D eigenvalue weighted by molar-refractivity contribution is 0.609. The number of fused-ring (bicyclic) bond motifs is 3. The van der Waals surface area contributed by atoms with Gasteiger partial charge < -0.3 is 0 Å². The van der Waals surface area contributed by atoms with Crippen molar-refractivity contribution in [3.63, 3.8) is 0 Å². The Morgan fingerprint density at radius 2 is 1.40 bits per heavy atom. The van der Waals surface area contributed by atoms with Crippen LogP contribution in [0.15, 0.2) is 67.0 Å². The molecule has 0 aliphatic heterocycles. The number of unbranched alkanes of at least 4 members (excludes halogenated alkanes) is 1. The number of benzene rings is 3. The highest BCUT2D eigenvalue weighted by molar-refractivity contribution is 7.13. The molecule has 5 aromatic rings. The van der Waals surface area contributed by atoms with Gasteiger partial charge in [0.2, 0.25) is 0 Å². The molecule has 0 saturated heterocycles. The van der Waals surface area contributed by atoms with Crippen molar-refractivity contribution in [3.05, 3.63) is 89.0 Å². The van der Waals surface area contributed by atoms with Gasteiger partial charge in [-0.1, -0.05) is 25.5 Å².